The van der Waals surface area contributed by atoms with Crippen molar-refractivity contribution < 1.29 is 14.3 Å². The highest BCUT2D eigenvalue weighted by Crippen LogP contribution is 2.34. The number of thiazole rings is 1. The molecule has 1 aliphatic rings. The number of fused-ring (bicyclic) bond motifs is 1. The fraction of sp³-hybridized carbons (Fsp3) is 0.346. The van der Waals surface area contributed by atoms with Gasteiger partial charge in [-0.25, -0.2) is 14.4 Å². The minimum atomic E-state index is -0.973. The summed E-state index contributed by atoms with van der Waals surface area (Å²) in [5.41, 5.74) is 4.55. The molecule has 1 N–H and O–H groups in total. The Morgan fingerprint density at radius 2 is 1.86 bits per heavy atom. The first kappa shape index (κ1) is 24.2. The SMILES string of the molecule is CCc1nc2ccc(N3CCN(C(=O)[C@H](C)O)CC3)cn2c1N(C)c1nc(-c2ccc(F)cc2)cs1. The number of nitrogens with zero attached hydrogens (tertiary/aromatic N) is 6. The standard InChI is InChI=1S/C26H29FN6O2S/c1-4-21-24(30(3)26-29-22(16-36-26)18-5-7-19(27)8-6-18)33-15-20(9-10-23(33)28-21)31-11-13-32(14-12-31)25(35)17(2)34/h5-10,15-17,34H,4,11-14H2,1-3H3/t17-/m0/s1. The van der Waals surface area contributed by atoms with Crippen molar-refractivity contribution in [3.63, 3.8) is 0 Å². The minimum Gasteiger partial charge on any atom is -0.384 e. The lowest BCUT2D eigenvalue weighted by Gasteiger charge is -2.36. The van der Waals surface area contributed by atoms with E-state index < -0.39 is 6.10 Å². The normalized spacial score (nSPS) is 14.9. The van der Waals surface area contributed by atoms with Gasteiger partial charge in [0, 0.05) is 50.4 Å². The zero-order valence-electron chi connectivity index (χ0n) is 20.6. The number of pyridine rings is 1. The molecule has 10 heteroatoms. The van der Waals surface area contributed by atoms with Crippen molar-refractivity contribution in [2.24, 2.45) is 0 Å². The van der Waals surface area contributed by atoms with E-state index in [1.54, 1.807) is 17.0 Å². The van der Waals surface area contributed by atoms with E-state index in [4.69, 9.17) is 9.97 Å². The van der Waals surface area contributed by atoms with Gasteiger partial charge in [-0.15, -0.1) is 11.3 Å². The molecule has 4 aromatic rings. The molecule has 1 amide bonds. The molecule has 0 aliphatic carbocycles. The van der Waals surface area contributed by atoms with Crippen LogP contribution < -0.4 is 9.80 Å². The van der Waals surface area contributed by atoms with E-state index in [2.05, 4.69) is 33.4 Å². The van der Waals surface area contributed by atoms with Crippen LogP contribution in [0.2, 0.25) is 0 Å². The lowest BCUT2D eigenvalue weighted by molar-refractivity contribution is -0.139. The summed E-state index contributed by atoms with van der Waals surface area (Å²) < 4.78 is 15.4. The Kier molecular flexibility index (Phi) is 6.63. The summed E-state index contributed by atoms with van der Waals surface area (Å²) in [5, 5.41) is 12.4. The Balaban J connectivity index is 1.43. The number of carbonyl (C=O) groups is 1. The third kappa shape index (κ3) is 4.54. The molecule has 1 aromatic carbocycles. The van der Waals surface area contributed by atoms with Gasteiger partial charge in [-0.2, -0.15) is 0 Å². The Morgan fingerprint density at radius 3 is 2.53 bits per heavy atom. The minimum absolute atomic E-state index is 0.223. The summed E-state index contributed by atoms with van der Waals surface area (Å²) in [7, 11) is 1.99. The van der Waals surface area contributed by atoms with Gasteiger partial charge < -0.3 is 19.8 Å². The predicted octanol–water partition coefficient (Wildman–Crippen LogP) is 3.96. The average molecular weight is 509 g/mol. The van der Waals surface area contributed by atoms with Gasteiger partial charge in [0.25, 0.3) is 5.91 Å². The zero-order valence-corrected chi connectivity index (χ0v) is 21.4. The molecule has 1 fully saturated rings. The van der Waals surface area contributed by atoms with Crippen LogP contribution in [-0.4, -0.2) is 69.6 Å². The van der Waals surface area contributed by atoms with E-state index in [-0.39, 0.29) is 11.7 Å². The highest BCUT2D eigenvalue weighted by Gasteiger charge is 2.25. The molecule has 3 aromatic heterocycles. The number of rotatable bonds is 6. The largest absolute Gasteiger partial charge is 0.384 e. The number of imidazole rings is 1. The van der Waals surface area contributed by atoms with Crippen molar-refractivity contribution >= 4 is 39.5 Å². The van der Waals surface area contributed by atoms with E-state index in [9.17, 15) is 14.3 Å². The lowest BCUT2D eigenvalue weighted by Crippen LogP contribution is -2.51. The van der Waals surface area contributed by atoms with E-state index in [0.717, 1.165) is 45.7 Å². The fourth-order valence-corrected chi connectivity index (χ4v) is 5.36. The van der Waals surface area contributed by atoms with Crippen LogP contribution in [0.5, 0.6) is 0 Å². The van der Waals surface area contributed by atoms with Gasteiger partial charge in [0.05, 0.1) is 17.1 Å². The summed E-state index contributed by atoms with van der Waals surface area (Å²) in [6, 6.07) is 10.4. The molecule has 188 valence electrons. The molecule has 1 saturated heterocycles. The second kappa shape index (κ2) is 9.87. The highest BCUT2D eigenvalue weighted by atomic mass is 32.1. The number of hydrogen-bond donors (Lipinski definition) is 1. The average Bonchev–Trinajstić information content (AvgIpc) is 3.53. The quantitative estimate of drug-likeness (QED) is 0.425. The zero-order chi connectivity index (χ0) is 25.4. The number of aryl methyl sites for hydroxylation is 1. The van der Waals surface area contributed by atoms with Crippen LogP contribution in [0.3, 0.4) is 0 Å². The molecule has 0 bridgehead atoms. The second-order valence-electron chi connectivity index (χ2n) is 8.92. The first-order chi connectivity index (χ1) is 17.4. The Hall–Kier alpha value is -3.50. The Bertz CT molecular complexity index is 1380. The van der Waals surface area contributed by atoms with Crippen LogP contribution in [0.4, 0.5) is 21.0 Å². The number of anilines is 3. The number of hydrogen-bond acceptors (Lipinski definition) is 7. The molecule has 0 saturated carbocycles. The van der Waals surface area contributed by atoms with Crippen LogP contribution in [0.25, 0.3) is 16.9 Å². The van der Waals surface area contributed by atoms with Gasteiger partial charge in [0.2, 0.25) is 0 Å². The number of amides is 1. The van der Waals surface area contributed by atoms with Crippen LogP contribution >= 0.6 is 11.3 Å². The van der Waals surface area contributed by atoms with E-state index in [1.165, 1.54) is 30.4 Å². The molecule has 0 spiro atoms. The maximum absolute atomic E-state index is 13.3. The monoisotopic (exact) mass is 508 g/mol. The number of aliphatic hydroxyl groups excluding tert-OH is 1. The van der Waals surface area contributed by atoms with Crippen molar-refractivity contribution in [1.29, 1.82) is 0 Å². The third-order valence-electron chi connectivity index (χ3n) is 6.53. The van der Waals surface area contributed by atoms with Crippen molar-refractivity contribution in [3.05, 3.63) is 59.5 Å². The number of aromatic nitrogens is 3. The molecule has 4 heterocycles. The Labute approximate surface area is 213 Å². The van der Waals surface area contributed by atoms with Gasteiger partial charge in [-0.05, 0) is 49.7 Å². The van der Waals surface area contributed by atoms with Crippen LogP contribution in [-0.2, 0) is 11.2 Å². The smallest absolute Gasteiger partial charge is 0.251 e. The van der Waals surface area contributed by atoms with Crippen molar-refractivity contribution in [2.45, 2.75) is 26.4 Å². The second-order valence-corrected chi connectivity index (χ2v) is 9.76. The first-order valence-electron chi connectivity index (χ1n) is 12.0. The molecule has 5 rings (SSSR count). The van der Waals surface area contributed by atoms with E-state index >= 15 is 0 Å². The van der Waals surface area contributed by atoms with Gasteiger partial charge >= 0.3 is 0 Å². The summed E-state index contributed by atoms with van der Waals surface area (Å²) in [6.07, 6.45) is 1.89. The number of carbonyl (C=O) groups excluding carboxylic acids is 1. The maximum Gasteiger partial charge on any atom is 0.251 e. The van der Waals surface area contributed by atoms with Crippen LogP contribution in [0.15, 0.2) is 48.0 Å². The summed E-state index contributed by atoms with van der Waals surface area (Å²) in [5.74, 6) is 0.466. The van der Waals surface area contributed by atoms with Gasteiger partial charge in [-0.1, -0.05) is 6.92 Å². The van der Waals surface area contributed by atoms with Crippen LogP contribution in [0.1, 0.15) is 19.5 Å². The van der Waals surface area contributed by atoms with E-state index in [1.807, 2.05) is 18.5 Å². The van der Waals surface area contributed by atoms with Gasteiger partial charge in [0.1, 0.15) is 23.4 Å². The van der Waals surface area contributed by atoms with Crippen molar-refractivity contribution in [1.82, 2.24) is 19.3 Å². The molecular weight excluding hydrogens is 479 g/mol. The summed E-state index contributed by atoms with van der Waals surface area (Å²) >= 11 is 1.53. The number of halogens is 1. The number of piperazine rings is 1. The molecule has 1 aliphatic heterocycles. The lowest BCUT2D eigenvalue weighted by atomic mass is 10.2. The molecule has 1 atom stereocenters. The van der Waals surface area contributed by atoms with Crippen LogP contribution in [0, 0.1) is 5.82 Å². The topological polar surface area (TPSA) is 77.2 Å². The number of aliphatic hydroxyl groups is 1. The maximum atomic E-state index is 13.3. The van der Waals surface area contributed by atoms with Gasteiger partial charge in [-0.3, -0.25) is 9.20 Å². The third-order valence-corrected chi connectivity index (χ3v) is 7.45. The number of benzene rings is 1. The predicted molar refractivity (Wildman–Crippen MR) is 141 cm³/mol. The molecule has 8 nitrogen and oxygen atoms in total. The molecular formula is C26H29FN6O2S. The molecule has 0 unspecified atom stereocenters. The summed E-state index contributed by atoms with van der Waals surface area (Å²) in [6.45, 7) is 6.13. The van der Waals surface area contributed by atoms with Crippen molar-refractivity contribution in [2.75, 3.05) is 43.0 Å². The summed E-state index contributed by atoms with van der Waals surface area (Å²) in [4.78, 5) is 27.8. The highest BCUT2D eigenvalue weighted by molar-refractivity contribution is 7.14. The fourth-order valence-electron chi connectivity index (χ4n) is 4.56. The van der Waals surface area contributed by atoms with E-state index in [0.29, 0.717) is 26.2 Å². The first-order valence-corrected chi connectivity index (χ1v) is 12.9. The Morgan fingerprint density at radius 1 is 1.14 bits per heavy atom. The molecule has 0 radical (unpaired) electrons. The van der Waals surface area contributed by atoms with Crippen molar-refractivity contribution in [3.8, 4) is 11.3 Å². The molecule has 36 heavy (non-hydrogen) atoms. The van der Waals surface area contributed by atoms with Gasteiger partial charge in [0.15, 0.2) is 5.13 Å².